The second-order valence-electron chi connectivity index (χ2n) is 4.89. The zero-order valence-corrected chi connectivity index (χ0v) is 11.7. The smallest absolute Gasteiger partial charge is 0.355 e. The van der Waals surface area contributed by atoms with Crippen LogP contribution in [0.25, 0.3) is 0 Å². The van der Waals surface area contributed by atoms with Crippen LogP contribution in [0.1, 0.15) is 38.2 Å². The molecule has 0 aromatic carbocycles. The first kappa shape index (κ1) is 14.7. The van der Waals surface area contributed by atoms with E-state index >= 15 is 0 Å². The van der Waals surface area contributed by atoms with Crippen LogP contribution < -0.4 is 5.14 Å². The topological polar surface area (TPSA) is 91.4 Å². The number of aromatic nitrogens is 1. The van der Waals surface area contributed by atoms with E-state index in [2.05, 4.69) is 0 Å². The molecule has 6 nitrogen and oxygen atoms in total. The van der Waals surface area contributed by atoms with Crippen LogP contribution in [0.5, 0.6) is 0 Å². The fourth-order valence-corrected chi connectivity index (χ4v) is 1.95. The minimum atomic E-state index is -3.82. The van der Waals surface area contributed by atoms with Crippen molar-refractivity contribution in [3.63, 3.8) is 0 Å². The molecule has 0 atom stereocenters. The summed E-state index contributed by atoms with van der Waals surface area (Å²) in [6, 6.07) is 1.23. The number of esters is 1. The predicted molar refractivity (Wildman–Crippen MR) is 66.6 cm³/mol. The minimum absolute atomic E-state index is 0.0924. The summed E-state index contributed by atoms with van der Waals surface area (Å²) in [5.41, 5.74) is -0.460. The highest BCUT2D eigenvalue weighted by Crippen LogP contribution is 2.17. The molecule has 0 unspecified atom stereocenters. The number of hydrogen-bond donors (Lipinski definition) is 1. The number of carbonyl (C=O) groups is 1. The van der Waals surface area contributed by atoms with Crippen molar-refractivity contribution in [3.05, 3.63) is 18.0 Å². The Labute approximate surface area is 107 Å². The summed E-state index contributed by atoms with van der Waals surface area (Å²) in [5, 5.41) is 5.03. The van der Waals surface area contributed by atoms with Gasteiger partial charge in [0.15, 0.2) is 0 Å². The van der Waals surface area contributed by atoms with E-state index in [1.54, 1.807) is 27.7 Å². The maximum Gasteiger partial charge on any atom is 0.355 e. The molecule has 1 rings (SSSR count). The van der Waals surface area contributed by atoms with Crippen molar-refractivity contribution in [1.29, 1.82) is 0 Å². The lowest BCUT2D eigenvalue weighted by molar-refractivity contribution is 0.00578. The van der Waals surface area contributed by atoms with Gasteiger partial charge < -0.3 is 9.30 Å². The molecule has 0 aliphatic heterocycles. The quantitative estimate of drug-likeness (QED) is 0.836. The number of hydrogen-bond acceptors (Lipinski definition) is 4. The Balaban J connectivity index is 3.17. The summed E-state index contributed by atoms with van der Waals surface area (Å²) in [6.45, 7) is 7.46. The van der Waals surface area contributed by atoms with Crippen molar-refractivity contribution >= 4 is 16.0 Å². The van der Waals surface area contributed by atoms with E-state index in [0.717, 1.165) is 0 Å². The first-order valence-electron chi connectivity index (χ1n) is 5.51. The summed E-state index contributed by atoms with van der Waals surface area (Å²) < 4.78 is 29.2. The van der Waals surface area contributed by atoms with Gasteiger partial charge in [0.05, 0.1) is 0 Å². The van der Waals surface area contributed by atoms with Crippen LogP contribution in [0.3, 0.4) is 0 Å². The highest BCUT2D eigenvalue weighted by Gasteiger charge is 2.23. The van der Waals surface area contributed by atoms with Crippen molar-refractivity contribution < 1.29 is 17.9 Å². The summed E-state index contributed by atoms with van der Waals surface area (Å²) in [5.74, 6) is -0.570. The van der Waals surface area contributed by atoms with Crippen LogP contribution in [0.15, 0.2) is 17.2 Å². The maximum absolute atomic E-state index is 11.9. The molecule has 0 saturated heterocycles. The normalized spacial score (nSPS) is 12.5. The van der Waals surface area contributed by atoms with E-state index in [0.29, 0.717) is 6.54 Å². The Morgan fingerprint density at radius 3 is 2.39 bits per heavy atom. The zero-order chi connectivity index (χ0) is 14.1. The summed E-state index contributed by atoms with van der Waals surface area (Å²) >= 11 is 0. The van der Waals surface area contributed by atoms with Crippen molar-refractivity contribution in [3.8, 4) is 0 Å². The molecule has 0 aliphatic carbocycles. The van der Waals surface area contributed by atoms with Gasteiger partial charge in [-0.25, -0.2) is 18.4 Å². The molecule has 0 amide bonds. The molecular weight excluding hydrogens is 256 g/mol. The highest BCUT2D eigenvalue weighted by molar-refractivity contribution is 7.89. The Morgan fingerprint density at radius 1 is 1.44 bits per heavy atom. The lowest BCUT2D eigenvalue weighted by Gasteiger charge is -2.19. The number of rotatable bonds is 3. The predicted octanol–water partition coefficient (Wildman–Crippen LogP) is 1.11. The van der Waals surface area contributed by atoms with Gasteiger partial charge in [-0.3, -0.25) is 0 Å². The largest absolute Gasteiger partial charge is 0.455 e. The number of aryl methyl sites for hydroxylation is 1. The number of nitrogens with zero attached hydrogens (tertiary/aromatic N) is 1. The monoisotopic (exact) mass is 274 g/mol. The molecule has 0 radical (unpaired) electrons. The number of nitrogens with two attached hydrogens (primary N) is 1. The Bertz CT molecular complexity index is 552. The molecule has 0 spiro atoms. The van der Waals surface area contributed by atoms with Gasteiger partial charge in [0.1, 0.15) is 16.2 Å². The van der Waals surface area contributed by atoms with E-state index < -0.39 is 21.6 Å². The van der Waals surface area contributed by atoms with Crippen molar-refractivity contribution in [1.82, 2.24) is 4.57 Å². The average molecular weight is 274 g/mol. The first-order valence-corrected chi connectivity index (χ1v) is 7.05. The highest BCUT2D eigenvalue weighted by atomic mass is 32.2. The Kier molecular flexibility index (Phi) is 3.87. The zero-order valence-electron chi connectivity index (χ0n) is 10.9. The van der Waals surface area contributed by atoms with E-state index in [4.69, 9.17) is 9.88 Å². The van der Waals surface area contributed by atoms with Crippen LogP contribution in [0.2, 0.25) is 0 Å². The van der Waals surface area contributed by atoms with Crippen LogP contribution in [-0.4, -0.2) is 24.6 Å². The number of primary sulfonamides is 1. The maximum atomic E-state index is 11.9. The average Bonchev–Trinajstić information content (AvgIpc) is 2.57. The van der Waals surface area contributed by atoms with Crippen LogP contribution in [0.4, 0.5) is 0 Å². The van der Waals surface area contributed by atoms with E-state index in [-0.39, 0.29) is 10.6 Å². The third-order valence-corrected chi connectivity index (χ3v) is 3.03. The number of ether oxygens (including phenoxy) is 1. The molecular formula is C11H18N2O4S. The molecule has 1 aromatic heterocycles. The molecule has 7 heteroatoms. The van der Waals surface area contributed by atoms with E-state index in [1.165, 1.54) is 16.8 Å². The summed E-state index contributed by atoms with van der Waals surface area (Å²) in [6.07, 6.45) is 1.33. The molecule has 0 bridgehead atoms. The van der Waals surface area contributed by atoms with Crippen LogP contribution in [-0.2, 0) is 21.3 Å². The van der Waals surface area contributed by atoms with Gasteiger partial charge in [-0.2, -0.15) is 0 Å². The first-order chi connectivity index (χ1) is 8.04. The standard InChI is InChI=1S/C11H18N2O4S/c1-5-13-7-8(18(12,15)16)6-9(13)10(14)17-11(2,3)4/h6-7H,5H2,1-4H3,(H2,12,15,16). The summed E-state index contributed by atoms with van der Waals surface area (Å²) in [7, 11) is -3.82. The Hall–Kier alpha value is -1.34. The molecule has 1 aromatic rings. The molecule has 102 valence electrons. The SMILES string of the molecule is CCn1cc(S(N)(=O)=O)cc1C(=O)OC(C)(C)C. The number of sulfonamides is 1. The van der Waals surface area contributed by atoms with Gasteiger partial charge >= 0.3 is 5.97 Å². The van der Waals surface area contributed by atoms with Gasteiger partial charge in [-0.05, 0) is 33.8 Å². The fourth-order valence-electron chi connectivity index (χ4n) is 1.40. The summed E-state index contributed by atoms with van der Waals surface area (Å²) in [4.78, 5) is 11.8. The van der Waals surface area contributed by atoms with Crippen LogP contribution >= 0.6 is 0 Å². The van der Waals surface area contributed by atoms with Crippen molar-refractivity contribution in [2.75, 3.05) is 0 Å². The van der Waals surface area contributed by atoms with Crippen molar-refractivity contribution in [2.45, 2.75) is 44.7 Å². The molecule has 18 heavy (non-hydrogen) atoms. The van der Waals surface area contributed by atoms with Gasteiger partial charge in [0, 0.05) is 12.7 Å². The number of carbonyl (C=O) groups excluding carboxylic acids is 1. The molecule has 0 saturated carbocycles. The van der Waals surface area contributed by atoms with E-state index in [1.807, 2.05) is 0 Å². The lowest BCUT2D eigenvalue weighted by atomic mass is 10.2. The van der Waals surface area contributed by atoms with Gasteiger partial charge in [0.2, 0.25) is 10.0 Å². The van der Waals surface area contributed by atoms with Gasteiger partial charge in [-0.1, -0.05) is 0 Å². The van der Waals surface area contributed by atoms with Crippen LogP contribution in [0, 0.1) is 0 Å². The molecule has 2 N–H and O–H groups in total. The van der Waals surface area contributed by atoms with E-state index in [9.17, 15) is 13.2 Å². The third-order valence-electron chi connectivity index (χ3n) is 2.15. The molecule has 0 fully saturated rings. The second kappa shape index (κ2) is 4.74. The molecule has 0 aliphatic rings. The Morgan fingerprint density at radius 2 is 2.00 bits per heavy atom. The van der Waals surface area contributed by atoms with Crippen molar-refractivity contribution in [2.24, 2.45) is 5.14 Å². The minimum Gasteiger partial charge on any atom is -0.455 e. The van der Waals surface area contributed by atoms with Gasteiger partial charge in [-0.15, -0.1) is 0 Å². The second-order valence-corrected chi connectivity index (χ2v) is 6.46. The van der Waals surface area contributed by atoms with Gasteiger partial charge in [0.25, 0.3) is 0 Å². The molecule has 1 heterocycles. The lowest BCUT2D eigenvalue weighted by Crippen LogP contribution is -2.25. The fraction of sp³-hybridized carbons (Fsp3) is 0.545. The third kappa shape index (κ3) is 3.58.